The van der Waals surface area contributed by atoms with Crippen LogP contribution in [-0.4, -0.2) is 105 Å². The number of hydrogen-bond acceptors (Lipinski definition) is 16. The van der Waals surface area contributed by atoms with Gasteiger partial charge in [-0.25, -0.2) is 0 Å². The van der Waals surface area contributed by atoms with Crippen LogP contribution in [0.2, 0.25) is 0 Å². The Morgan fingerprint density at radius 1 is 0.333 bits per heavy atom. The van der Waals surface area contributed by atoms with Gasteiger partial charge >= 0.3 is 93.8 Å². The summed E-state index contributed by atoms with van der Waals surface area (Å²) in [6.07, 6.45) is 0. The van der Waals surface area contributed by atoms with Gasteiger partial charge in [0.2, 0.25) is 0 Å². The Bertz CT molecular complexity index is 487. The predicted molar refractivity (Wildman–Crippen MR) is 53.4 cm³/mol. The van der Waals surface area contributed by atoms with Crippen LogP contribution in [0.15, 0.2) is 0 Å². The molecule has 128 valence electrons. The molecule has 16 nitrogen and oxygen atoms in total. The molecule has 0 aromatic rings. The molecule has 0 aliphatic carbocycles. The molecule has 0 fully saturated rings. The first-order chi connectivity index (χ1) is 8.00. The second-order valence-corrected chi connectivity index (χ2v) is 4.90. The number of hydrogen-bond donors (Lipinski definition) is 0. The van der Waals surface area contributed by atoms with Gasteiger partial charge in [-0.15, -0.1) is 0 Å². The molecule has 0 bridgehead atoms. The Balaban J connectivity index is -0.0000000225. The van der Waals surface area contributed by atoms with E-state index in [2.05, 4.69) is 0 Å². The summed E-state index contributed by atoms with van der Waals surface area (Å²) < 4.78 is 136. The van der Waals surface area contributed by atoms with Crippen LogP contribution in [0.25, 0.3) is 0 Å². The summed E-state index contributed by atoms with van der Waals surface area (Å²) in [5.74, 6) is 0. The van der Waals surface area contributed by atoms with Gasteiger partial charge in [-0.2, -0.15) is 0 Å². The second-order valence-electron chi connectivity index (χ2n) is 1.63. The summed E-state index contributed by atoms with van der Waals surface area (Å²) >= 11 is 0. The van der Waals surface area contributed by atoms with Crippen molar-refractivity contribution in [3.05, 3.63) is 0 Å². The van der Waals surface area contributed by atoms with Gasteiger partial charge < -0.3 is 36.4 Å². The molecule has 0 spiro atoms. The molecule has 0 radical (unpaired) electrons. The molecule has 0 saturated carbocycles. The van der Waals surface area contributed by atoms with Crippen molar-refractivity contribution in [3.63, 3.8) is 0 Å². The Morgan fingerprint density at radius 2 is 0.333 bits per heavy atom. The first-order valence-corrected chi connectivity index (χ1v) is 8.00. The number of rotatable bonds is 0. The molecule has 24 heteroatoms. The van der Waals surface area contributed by atoms with Crippen LogP contribution in [0.4, 0.5) is 0 Å². The first-order valence-electron chi connectivity index (χ1n) is 2.67. The van der Waals surface area contributed by atoms with Crippen LogP contribution in [0.3, 0.4) is 0 Å². The van der Waals surface area contributed by atoms with E-state index in [1.807, 2.05) is 0 Å². The van der Waals surface area contributed by atoms with Crippen molar-refractivity contribution in [3.8, 4) is 0 Å². The predicted octanol–water partition coefficient (Wildman–Crippen LogP) is -12.1. The van der Waals surface area contributed by atoms with Crippen LogP contribution in [-0.2, 0) is 41.6 Å². The third-order valence-corrected chi connectivity index (χ3v) is 0. The largest absolute Gasteiger partial charge is 3.00 e. The van der Waals surface area contributed by atoms with E-state index in [0.29, 0.717) is 0 Å². The maximum Gasteiger partial charge on any atom is 3.00 e. The molecule has 0 amide bonds. The van der Waals surface area contributed by atoms with E-state index in [1.165, 1.54) is 0 Å². The fourth-order valence-corrected chi connectivity index (χ4v) is 0. The van der Waals surface area contributed by atoms with Crippen molar-refractivity contribution in [1.29, 1.82) is 0 Å². The van der Waals surface area contributed by atoms with Gasteiger partial charge in [0.05, 0.1) is 0 Å². The van der Waals surface area contributed by atoms with Gasteiger partial charge in [0.1, 0.15) is 0 Å². The molecule has 0 N–H and O–H groups in total. The Morgan fingerprint density at radius 3 is 0.333 bits per heavy atom. The monoisotopic (exact) mass is 484 g/mol. The summed E-state index contributed by atoms with van der Waals surface area (Å²) in [7, 11) is -20.7. The molecular weight excluding hydrogens is 484 g/mol. The fourth-order valence-electron chi connectivity index (χ4n) is 0. The molecule has 24 heavy (non-hydrogen) atoms. The normalized spacial score (nSPS) is 9.67. The molecule has 0 saturated heterocycles. The van der Waals surface area contributed by atoms with Crippen LogP contribution in [0.1, 0.15) is 0 Å². The minimum atomic E-state index is -5.17. The molecule has 0 aliphatic heterocycles. The van der Waals surface area contributed by atoms with E-state index >= 15 is 0 Å². The van der Waals surface area contributed by atoms with Gasteiger partial charge in [0.15, 0.2) is 0 Å². The topological polar surface area (TPSA) is 321 Å². The van der Waals surface area contributed by atoms with E-state index in [1.54, 1.807) is 0 Å². The second kappa shape index (κ2) is 21.8. The van der Waals surface area contributed by atoms with Crippen LogP contribution in [0, 0.1) is 0 Å². The smallest absolute Gasteiger partial charge is 0.759 e. The van der Waals surface area contributed by atoms with Gasteiger partial charge in [0.25, 0.3) is 0 Å². The molecule has 0 aliphatic rings. The molecule has 0 rings (SSSR count). The van der Waals surface area contributed by atoms with E-state index in [-0.39, 0.29) is 93.8 Å². The van der Waals surface area contributed by atoms with E-state index in [0.717, 1.165) is 0 Å². The van der Waals surface area contributed by atoms with Crippen molar-refractivity contribution < 1.29 is 129 Å². The average molecular weight is 484 g/mol. The molecule has 0 heterocycles. The first kappa shape index (κ1) is 50.4. The third kappa shape index (κ3) is 2100. The van der Waals surface area contributed by atoms with Gasteiger partial charge in [-0.1, -0.05) is 0 Å². The summed E-state index contributed by atoms with van der Waals surface area (Å²) in [6.45, 7) is 0. The standard InChI is InChI=1S/2Al.2Na.4H2O4S/c;;;;4*1-5(2,3)4/h;;;;4*(H2,1,2,3,4)/q2*+3;2*+1;;;;/p-8. The summed E-state index contributed by atoms with van der Waals surface area (Å²) in [4.78, 5) is 0. The average Bonchev–Trinajstić information content (AvgIpc) is 1.62. The van der Waals surface area contributed by atoms with Crippen molar-refractivity contribution >= 4 is 76.3 Å². The SMILES string of the molecule is O=S(=O)([O-])[O-].O=S(=O)([O-])[O-].O=S(=O)([O-])[O-].O=S(=O)([O-])[O-].[Al+3].[Al+3].[Na+].[Na+]. The Hall–Kier alpha value is 2.54. The maximum atomic E-state index is 8.52. The molecular formula is Al2Na2O16S4. The summed E-state index contributed by atoms with van der Waals surface area (Å²) in [6, 6.07) is 0. The van der Waals surface area contributed by atoms with Crippen LogP contribution >= 0.6 is 0 Å². The zero-order valence-electron chi connectivity index (χ0n) is 11.3. The summed E-state index contributed by atoms with van der Waals surface area (Å²) in [5.41, 5.74) is 0. The zero-order valence-corrected chi connectivity index (χ0v) is 20.9. The van der Waals surface area contributed by atoms with E-state index in [4.69, 9.17) is 70.1 Å². The van der Waals surface area contributed by atoms with Gasteiger partial charge in [0, 0.05) is 41.6 Å². The van der Waals surface area contributed by atoms with E-state index in [9.17, 15) is 0 Å². The van der Waals surface area contributed by atoms with Crippen molar-refractivity contribution in [2.24, 2.45) is 0 Å². The molecule has 0 atom stereocenters. The molecule has 0 aromatic heterocycles. The minimum absolute atomic E-state index is 0. The van der Waals surface area contributed by atoms with Gasteiger partial charge in [-0.3, -0.25) is 33.7 Å². The third-order valence-electron chi connectivity index (χ3n) is 0. The minimum Gasteiger partial charge on any atom is -0.759 e. The maximum absolute atomic E-state index is 8.52. The van der Waals surface area contributed by atoms with Crippen LogP contribution < -0.4 is 59.1 Å². The quantitative estimate of drug-likeness (QED) is 0.175. The van der Waals surface area contributed by atoms with E-state index < -0.39 is 41.6 Å². The summed E-state index contributed by atoms with van der Waals surface area (Å²) in [5, 5.41) is 0. The van der Waals surface area contributed by atoms with Crippen LogP contribution in [0.5, 0.6) is 0 Å². The Kier molecular flexibility index (Phi) is 45.8. The van der Waals surface area contributed by atoms with Crippen molar-refractivity contribution in [2.75, 3.05) is 0 Å². The zero-order chi connectivity index (χ0) is 18.0. The molecule has 0 aromatic carbocycles. The molecule has 0 unspecified atom stereocenters. The fraction of sp³-hybridized carbons (Fsp3) is 0. The Labute approximate surface area is 202 Å². The van der Waals surface area contributed by atoms with Crippen molar-refractivity contribution in [1.82, 2.24) is 0 Å². The van der Waals surface area contributed by atoms with Crippen molar-refractivity contribution in [2.45, 2.75) is 0 Å². The van der Waals surface area contributed by atoms with Gasteiger partial charge in [-0.05, 0) is 0 Å².